The smallest absolute Gasteiger partial charge is 0.0872 e. The largest absolute Gasteiger partial charge is 0.293 e. The monoisotopic (exact) mass is 197 g/mol. The zero-order valence-electron chi connectivity index (χ0n) is 9.22. The summed E-state index contributed by atoms with van der Waals surface area (Å²) in [6, 6.07) is 0. The van der Waals surface area contributed by atoms with Crippen LogP contribution in [0.25, 0.3) is 0 Å². The molecule has 80 valence electrons. The van der Waals surface area contributed by atoms with Crippen LogP contribution in [0, 0.1) is 5.92 Å². The Bertz CT molecular complexity index is 247. The molecule has 0 aromatic rings. The zero-order chi connectivity index (χ0) is 10.2. The summed E-state index contributed by atoms with van der Waals surface area (Å²) < 4.78 is 12.5. The van der Waals surface area contributed by atoms with Gasteiger partial charge in [0.25, 0.3) is 0 Å². The van der Waals surface area contributed by atoms with Gasteiger partial charge in [-0.2, -0.15) is 0 Å². The van der Waals surface area contributed by atoms with E-state index in [1.807, 2.05) is 0 Å². The Balaban J connectivity index is 2.14. The first-order valence-electron chi connectivity index (χ1n) is 5.69. The molecule has 0 unspecified atom stereocenters. The van der Waals surface area contributed by atoms with E-state index in [0.717, 1.165) is 30.8 Å². The summed E-state index contributed by atoms with van der Waals surface area (Å²) in [5.41, 5.74) is 1.33. The Kier molecular flexibility index (Phi) is 2.65. The maximum Gasteiger partial charge on any atom is 0.0872 e. The van der Waals surface area contributed by atoms with Crippen LogP contribution in [0.5, 0.6) is 0 Å². The fourth-order valence-corrected chi connectivity index (χ4v) is 3.30. The summed E-state index contributed by atoms with van der Waals surface area (Å²) in [4.78, 5) is 2.50. The fourth-order valence-electron chi connectivity index (χ4n) is 3.30. The van der Waals surface area contributed by atoms with Crippen LogP contribution in [0.1, 0.15) is 39.5 Å². The molecule has 14 heavy (non-hydrogen) atoms. The van der Waals surface area contributed by atoms with E-state index >= 15 is 0 Å². The van der Waals surface area contributed by atoms with Gasteiger partial charge < -0.3 is 0 Å². The van der Waals surface area contributed by atoms with Crippen molar-refractivity contribution < 1.29 is 4.39 Å². The molecule has 0 bridgehead atoms. The molecular weight excluding hydrogens is 177 g/mol. The van der Waals surface area contributed by atoms with Crippen molar-refractivity contribution >= 4 is 0 Å². The molecule has 2 aliphatic heterocycles. The van der Waals surface area contributed by atoms with Gasteiger partial charge in [-0.3, -0.25) is 4.90 Å². The Hall–Kier alpha value is -0.370. The van der Waals surface area contributed by atoms with E-state index in [1.54, 1.807) is 0 Å². The molecule has 2 saturated heterocycles. The minimum atomic E-state index is 0.325. The van der Waals surface area contributed by atoms with Crippen molar-refractivity contribution in [1.82, 2.24) is 4.90 Å². The lowest BCUT2D eigenvalue weighted by molar-refractivity contribution is 0.163. The standard InChI is InChI=1S/C12H20FN/c1-10(2)6-12-4-3-5-14(12)9-11(7-12)8-13/h8,10H,3-7,9H2,1-2H3/b11-8+/t12-/m1/s1. The number of nitrogens with zero attached hydrogens (tertiary/aromatic N) is 1. The predicted molar refractivity (Wildman–Crippen MR) is 56.8 cm³/mol. The quantitative estimate of drug-likeness (QED) is 0.657. The van der Waals surface area contributed by atoms with E-state index in [1.165, 1.54) is 25.8 Å². The summed E-state index contributed by atoms with van der Waals surface area (Å²) in [5, 5.41) is 0. The fraction of sp³-hybridized carbons (Fsp3) is 0.833. The van der Waals surface area contributed by atoms with Gasteiger partial charge in [-0.1, -0.05) is 13.8 Å². The maximum atomic E-state index is 12.5. The van der Waals surface area contributed by atoms with Gasteiger partial charge in [0.05, 0.1) is 6.33 Å². The third-order valence-corrected chi connectivity index (χ3v) is 3.63. The molecule has 2 fully saturated rings. The first-order chi connectivity index (χ1) is 6.66. The minimum Gasteiger partial charge on any atom is -0.293 e. The SMILES string of the molecule is CC(C)C[C@@]12CCCN1C/C(=C/F)C2. The van der Waals surface area contributed by atoms with Crippen molar-refractivity contribution in [2.75, 3.05) is 13.1 Å². The van der Waals surface area contributed by atoms with E-state index in [2.05, 4.69) is 18.7 Å². The van der Waals surface area contributed by atoms with Crippen LogP contribution in [0.4, 0.5) is 4.39 Å². The van der Waals surface area contributed by atoms with Crippen molar-refractivity contribution in [3.05, 3.63) is 11.9 Å². The average molecular weight is 197 g/mol. The second-order valence-corrected chi connectivity index (χ2v) is 5.29. The highest BCUT2D eigenvalue weighted by Crippen LogP contribution is 2.45. The number of fused-ring (bicyclic) bond motifs is 1. The molecule has 0 saturated carbocycles. The molecule has 0 spiro atoms. The van der Waals surface area contributed by atoms with Crippen LogP contribution in [0.3, 0.4) is 0 Å². The van der Waals surface area contributed by atoms with Crippen molar-refractivity contribution in [3.63, 3.8) is 0 Å². The predicted octanol–water partition coefficient (Wildman–Crippen LogP) is 3.12. The first-order valence-corrected chi connectivity index (χ1v) is 5.69. The topological polar surface area (TPSA) is 3.24 Å². The Morgan fingerprint density at radius 2 is 2.36 bits per heavy atom. The van der Waals surface area contributed by atoms with Gasteiger partial charge in [0, 0.05) is 12.1 Å². The molecule has 0 radical (unpaired) electrons. The molecule has 2 heteroatoms. The van der Waals surface area contributed by atoms with Gasteiger partial charge in [-0.25, -0.2) is 4.39 Å². The molecule has 0 aliphatic carbocycles. The Labute approximate surface area is 86.0 Å². The van der Waals surface area contributed by atoms with Crippen LogP contribution in [-0.2, 0) is 0 Å². The third-order valence-electron chi connectivity index (χ3n) is 3.63. The summed E-state index contributed by atoms with van der Waals surface area (Å²) in [6.45, 7) is 6.58. The van der Waals surface area contributed by atoms with Gasteiger partial charge in [-0.15, -0.1) is 0 Å². The van der Waals surface area contributed by atoms with Crippen LogP contribution in [0.15, 0.2) is 11.9 Å². The van der Waals surface area contributed by atoms with E-state index in [4.69, 9.17) is 0 Å². The van der Waals surface area contributed by atoms with Crippen molar-refractivity contribution in [2.45, 2.75) is 45.1 Å². The zero-order valence-corrected chi connectivity index (χ0v) is 9.22. The summed E-state index contributed by atoms with van der Waals surface area (Å²) in [5.74, 6) is 0.717. The van der Waals surface area contributed by atoms with Gasteiger partial charge in [0.15, 0.2) is 0 Å². The van der Waals surface area contributed by atoms with Gasteiger partial charge in [-0.05, 0) is 43.7 Å². The van der Waals surface area contributed by atoms with Gasteiger partial charge in [0.1, 0.15) is 0 Å². The van der Waals surface area contributed by atoms with Gasteiger partial charge in [0.2, 0.25) is 0 Å². The maximum absolute atomic E-state index is 12.5. The Morgan fingerprint density at radius 1 is 1.57 bits per heavy atom. The molecular formula is C12H20FN. The summed E-state index contributed by atoms with van der Waals surface area (Å²) >= 11 is 0. The van der Waals surface area contributed by atoms with E-state index in [9.17, 15) is 4.39 Å². The number of hydrogen-bond donors (Lipinski definition) is 0. The lowest BCUT2D eigenvalue weighted by Gasteiger charge is -2.33. The van der Waals surface area contributed by atoms with Crippen molar-refractivity contribution in [3.8, 4) is 0 Å². The van der Waals surface area contributed by atoms with E-state index < -0.39 is 0 Å². The number of hydrogen-bond acceptors (Lipinski definition) is 1. The second kappa shape index (κ2) is 3.65. The Morgan fingerprint density at radius 3 is 3.00 bits per heavy atom. The van der Waals surface area contributed by atoms with Crippen LogP contribution in [-0.4, -0.2) is 23.5 Å². The molecule has 0 aromatic heterocycles. The molecule has 2 rings (SSSR count). The van der Waals surface area contributed by atoms with Crippen molar-refractivity contribution in [2.24, 2.45) is 5.92 Å². The highest BCUT2D eigenvalue weighted by Gasteiger charge is 2.46. The molecule has 1 nitrogen and oxygen atoms in total. The number of halogens is 1. The molecule has 2 heterocycles. The number of rotatable bonds is 2. The van der Waals surface area contributed by atoms with Crippen LogP contribution >= 0.6 is 0 Å². The highest BCUT2D eigenvalue weighted by atomic mass is 19.1. The molecule has 0 aromatic carbocycles. The van der Waals surface area contributed by atoms with Crippen LogP contribution in [0.2, 0.25) is 0 Å². The molecule has 1 atom stereocenters. The molecule has 0 N–H and O–H groups in total. The van der Waals surface area contributed by atoms with Crippen molar-refractivity contribution in [1.29, 1.82) is 0 Å². The minimum absolute atomic E-state index is 0.325. The van der Waals surface area contributed by atoms with Crippen LogP contribution < -0.4 is 0 Å². The third kappa shape index (κ3) is 1.60. The second-order valence-electron chi connectivity index (χ2n) is 5.29. The molecule has 2 aliphatic rings. The normalized spacial score (nSPS) is 35.9. The lowest BCUT2D eigenvalue weighted by atomic mass is 9.84. The summed E-state index contributed by atoms with van der Waals surface area (Å²) in [6.07, 6.45) is 5.60. The van der Waals surface area contributed by atoms with Gasteiger partial charge >= 0.3 is 0 Å². The summed E-state index contributed by atoms with van der Waals surface area (Å²) in [7, 11) is 0. The van der Waals surface area contributed by atoms with E-state index in [-0.39, 0.29) is 0 Å². The molecule has 0 amide bonds. The first kappa shape index (κ1) is 10.2. The lowest BCUT2D eigenvalue weighted by Crippen LogP contribution is -2.39. The van der Waals surface area contributed by atoms with E-state index in [0.29, 0.717) is 5.54 Å². The average Bonchev–Trinajstić information content (AvgIpc) is 2.58. The highest BCUT2D eigenvalue weighted by molar-refractivity contribution is 5.18.